The van der Waals surface area contributed by atoms with Crippen molar-refractivity contribution in [3.05, 3.63) is 35.6 Å². The van der Waals surface area contributed by atoms with Gasteiger partial charge in [-0.25, -0.2) is 4.39 Å². The van der Waals surface area contributed by atoms with Crippen molar-refractivity contribution in [1.29, 1.82) is 0 Å². The van der Waals surface area contributed by atoms with Crippen LogP contribution in [0.4, 0.5) is 4.39 Å². The molecule has 0 bridgehead atoms. The Morgan fingerprint density at radius 3 is 2.75 bits per heavy atom. The van der Waals surface area contributed by atoms with E-state index in [0.717, 1.165) is 31.7 Å². The van der Waals surface area contributed by atoms with Gasteiger partial charge in [0.15, 0.2) is 0 Å². The van der Waals surface area contributed by atoms with Crippen molar-refractivity contribution >= 4 is 0 Å². The summed E-state index contributed by atoms with van der Waals surface area (Å²) in [7, 11) is 4.09. The van der Waals surface area contributed by atoms with Gasteiger partial charge in [0.1, 0.15) is 5.82 Å². The molecule has 1 aliphatic rings. The fraction of sp³-hybridized carbons (Fsp3) is 0.625. The van der Waals surface area contributed by atoms with Gasteiger partial charge in [0, 0.05) is 19.2 Å². The molecule has 1 N–H and O–H groups in total. The number of nitrogens with one attached hydrogen (secondary N) is 1. The van der Waals surface area contributed by atoms with Crippen LogP contribution in [-0.4, -0.2) is 44.8 Å². The van der Waals surface area contributed by atoms with Gasteiger partial charge < -0.3 is 15.0 Å². The number of hydrogen-bond acceptors (Lipinski definition) is 3. The lowest BCUT2D eigenvalue weighted by atomic mass is 10.0. The standard InChI is InChI=1S/C16H25FN2O/c1-18-16(13-5-7-14(17)8-6-13)9-10-19(2)12-15-4-3-11-20-15/h5-8,15-16,18H,3-4,9-12H2,1-2H3. The lowest BCUT2D eigenvalue weighted by Crippen LogP contribution is -2.31. The zero-order valence-corrected chi connectivity index (χ0v) is 12.4. The third-order valence-electron chi connectivity index (χ3n) is 3.96. The minimum absolute atomic E-state index is 0.181. The van der Waals surface area contributed by atoms with Gasteiger partial charge in [0.2, 0.25) is 0 Å². The van der Waals surface area contributed by atoms with E-state index in [9.17, 15) is 4.39 Å². The molecule has 112 valence electrons. The first-order valence-electron chi connectivity index (χ1n) is 7.42. The van der Waals surface area contributed by atoms with Gasteiger partial charge in [-0.2, -0.15) is 0 Å². The van der Waals surface area contributed by atoms with E-state index in [1.54, 1.807) is 0 Å². The van der Waals surface area contributed by atoms with Gasteiger partial charge in [0.25, 0.3) is 0 Å². The normalized spacial score (nSPS) is 20.5. The van der Waals surface area contributed by atoms with E-state index in [2.05, 4.69) is 17.3 Å². The van der Waals surface area contributed by atoms with Crippen LogP contribution < -0.4 is 5.32 Å². The third kappa shape index (κ3) is 4.54. The zero-order valence-electron chi connectivity index (χ0n) is 12.4. The first kappa shape index (κ1) is 15.4. The van der Waals surface area contributed by atoms with E-state index in [1.165, 1.54) is 25.0 Å². The van der Waals surface area contributed by atoms with Crippen molar-refractivity contribution in [3.63, 3.8) is 0 Å². The second-order valence-corrected chi connectivity index (χ2v) is 5.58. The molecule has 0 spiro atoms. The number of halogens is 1. The monoisotopic (exact) mass is 280 g/mol. The van der Waals surface area contributed by atoms with Gasteiger partial charge in [0.05, 0.1) is 6.10 Å². The van der Waals surface area contributed by atoms with Gasteiger partial charge in [-0.1, -0.05) is 12.1 Å². The Bertz CT molecular complexity index is 390. The topological polar surface area (TPSA) is 24.5 Å². The summed E-state index contributed by atoms with van der Waals surface area (Å²) in [6, 6.07) is 7.03. The number of benzene rings is 1. The molecule has 20 heavy (non-hydrogen) atoms. The molecule has 3 nitrogen and oxygen atoms in total. The molecular weight excluding hydrogens is 255 g/mol. The summed E-state index contributed by atoms with van der Waals surface area (Å²) >= 11 is 0. The minimum Gasteiger partial charge on any atom is -0.377 e. The Labute approximate surface area is 121 Å². The summed E-state index contributed by atoms with van der Waals surface area (Å²) in [5.41, 5.74) is 1.14. The largest absolute Gasteiger partial charge is 0.377 e. The van der Waals surface area contributed by atoms with Crippen LogP contribution in [0.2, 0.25) is 0 Å². The van der Waals surface area contributed by atoms with Crippen LogP contribution in [0.1, 0.15) is 30.9 Å². The second-order valence-electron chi connectivity index (χ2n) is 5.58. The van der Waals surface area contributed by atoms with Crippen LogP contribution >= 0.6 is 0 Å². The van der Waals surface area contributed by atoms with Gasteiger partial charge in [-0.05, 0) is 57.6 Å². The number of hydrogen-bond donors (Lipinski definition) is 1. The van der Waals surface area contributed by atoms with Crippen molar-refractivity contribution in [2.24, 2.45) is 0 Å². The average molecular weight is 280 g/mol. The highest BCUT2D eigenvalue weighted by Crippen LogP contribution is 2.18. The molecule has 1 aromatic rings. The summed E-state index contributed by atoms with van der Waals surface area (Å²) in [6.07, 6.45) is 3.77. The Morgan fingerprint density at radius 1 is 1.40 bits per heavy atom. The van der Waals surface area contributed by atoms with E-state index in [4.69, 9.17) is 4.74 Å². The summed E-state index contributed by atoms with van der Waals surface area (Å²) in [5, 5.41) is 3.31. The van der Waals surface area contributed by atoms with Crippen molar-refractivity contribution in [3.8, 4) is 0 Å². The molecule has 1 aliphatic heterocycles. The van der Waals surface area contributed by atoms with Crippen molar-refractivity contribution in [2.45, 2.75) is 31.4 Å². The molecule has 1 heterocycles. The highest BCUT2D eigenvalue weighted by Gasteiger charge is 2.18. The second kappa shape index (κ2) is 7.72. The first-order chi connectivity index (χ1) is 9.69. The number of likely N-dealkylation sites (N-methyl/N-ethyl adjacent to an activating group) is 1. The summed E-state index contributed by atoms with van der Waals surface area (Å²) in [5.74, 6) is -0.181. The molecule has 0 radical (unpaired) electrons. The molecule has 2 rings (SSSR count). The van der Waals surface area contributed by atoms with Crippen molar-refractivity contribution < 1.29 is 9.13 Å². The Kier molecular flexibility index (Phi) is 5.95. The van der Waals surface area contributed by atoms with Crippen LogP contribution in [0.15, 0.2) is 24.3 Å². The van der Waals surface area contributed by atoms with E-state index < -0.39 is 0 Å². The van der Waals surface area contributed by atoms with Crippen LogP contribution in [0.25, 0.3) is 0 Å². The van der Waals surface area contributed by atoms with E-state index in [1.807, 2.05) is 19.2 Å². The molecule has 2 atom stereocenters. The lowest BCUT2D eigenvalue weighted by Gasteiger charge is -2.23. The predicted molar refractivity (Wildman–Crippen MR) is 79.3 cm³/mol. The molecule has 4 heteroatoms. The quantitative estimate of drug-likeness (QED) is 0.831. The SMILES string of the molecule is CNC(CCN(C)CC1CCCO1)c1ccc(F)cc1. The molecule has 1 aromatic carbocycles. The third-order valence-corrected chi connectivity index (χ3v) is 3.96. The molecule has 0 aromatic heterocycles. The van der Waals surface area contributed by atoms with E-state index >= 15 is 0 Å². The van der Waals surface area contributed by atoms with Crippen LogP contribution in [0.5, 0.6) is 0 Å². The van der Waals surface area contributed by atoms with Crippen LogP contribution in [-0.2, 0) is 4.74 Å². The fourth-order valence-corrected chi connectivity index (χ4v) is 2.75. The molecule has 0 amide bonds. The molecule has 2 unspecified atom stereocenters. The maximum Gasteiger partial charge on any atom is 0.123 e. The molecule has 0 saturated carbocycles. The number of ether oxygens (including phenoxy) is 1. The van der Waals surface area contributed by atoms with Crippen LogP contribution in [0, 0.1) is 5.82 Å². The Hall–Kier alpha value is -0.970. The Balaban J connectivity index is 1.79. The molecular formula is C16H25FN2O. The highest BCUT2D eigenvalue weighted by atomic mass is 19.1. The zero-order chi connectivity index (χ0) is 14.4. The van der Waals surface area contributed by atoms with Crippen molar-refractivity contribution in [1.82, 2.24) is 10.2 Å². The highest BCUT2D eigenvalue weighted by molar-refractivity contribution is 5.19. The molecule has 1 fully saturated rings. The molecule has 0 aliphatic carbocycles. The van der Waals surface area contributed by atoms with Crippen molar-refractivity contribution in [2.75, 3.05) is 33.8 Å². The van der Waals surface area contributed by atoms with E-state index in [0.29, 0.717) is 6.10 Å². The van der Waals surface area contributed by atoms with Gasteiger partial charge in [-0.3, -0.25) is 0 Å². The van der Waals surface area contributed by atoms with E-state index in [-0.39, 0.29) is 11.9 Å². The Morgan fingerprint density at radius 2 is 2.15 bits per heavy atom. The maximum absolute atomic E-state index is 13.0. The summed E-state index contributed by atoms with van der Waals surface area (Å²) in [4.78, 5) is 2.32. The lowest BCUT2D eigenvalue weighted by molar-refractivity contribution is 0.0801. The summed E-state index contributed by atoms with van der Waals surface area (Å²) in [6.45, 7) is 2.91. The maximum atomic E-state index is 13.0. The summed E-state index contributed by atoms with van der Waals surface area (Å²) < 4.78 is 18.6. The first-order valence-corrected chi connectivity index (χ1v) is 7.42. The number of nitrogens with zero attached hydrogens (tertiary/aromatic N) is 1. The van der Waals surface area contributed by atoms with Gasteiger partial charge in [-0.15, -0.1) is 0 Å². The molecule has 1 saturated heterocycles. The average Bonchev–Trinajstić information content (AvgIpc) is 2.94. The van der Waals surface area contributed by atoms with Gasteiger partial charge >= 0.3 is 0 Å². The smallest absolute Gasteiger partial charge is 0.123 e. The predicted octanol–water partition coefficient (Wildman–Crippen LogP) is 2.59. The fourth-order valence-electron chi connectivity index (χ4n) is 2.75. The minimum atomic E-state index is -0.181. The van der Waals surface area contributed by atoms with Crippen LogP contribution in [0.3, 0.4) is 0 Å². The number of rotatable bonds is 7.